The van der Waals surface area contributed by atoms with E-state index in [1.165, 1.54) is 6.08 Å². The van der Waals surface area contributed by atoms with Crippen LogP contribution in [0.5, 0.6) is 0 Å². The monoisotopic (exact) mass is 279 g/mol. The maximum atomic E-state index is 11.7. The number of halogens is 1. The van der Waals surface area contributed by atoms with Gasteiger partial charge in [0, 0.05) is 11.1 Å². The zero-order chi connectivity index (χ0) is 13.8. The molecule has 0 aliphatic heterocycles. The fourth-order valence-corrected chi connectivity index (χ4v) is 1.99. The predicted molar refractivity (Wildman–Crippen MR) is 72.8 cm³/mol. The first-order valence-corrected chi connectivity index (χ1v) is 6.41. The average Bonchev–Trinajstić information content (AvgIpc) is 3.19. The van der Waals surface area contributed by atoms with E-state index in [-0.39, 0.29) is 5.92 Å². The molecule has 1 aliphatic rings. The molecule has 0 saturated heterocycles. The summed E-state index contributed by atoms with van der Waals surface area (Å²) in [5.74, 6) is -1.34. The number of aliphatic carboxylic acids is 1. The van der Waals surface area contributed by atoms with Gasteiger partial charge in [-0.15, -0.1) is 0 Å². The molecule has 0 spiro atoms. The molecule has 0 radical (unpaired) electrons. The molecule has 0 heterocycles. The van der Waals surface area contributed by atoms with Crippen molar-refractivity contribution in [1.29, 1.82) is 0 Å². The number of benzene rings is 1. The fourth-order valence-electron chi connectivity index (χ4n) is 1.79. The Bertz CT molecular complexity index is 523. The Kier molecular flexibility index (Phi) is 4.22. The van der Waals surface area contributed by atoms with E-state index in [1.807, 2.05) is 6.07 Å². The molecule has 19 heavy (non-hydrogen) atoms. The minimum atomic E-state index is -0.984. The van der Waals surface area contributed by atoms with Crippen LogP contribution in [0.3, 0.4) is 0 Å². The van der Waals surface area contributed by atoms with Crippen molar-refractivity contribution in [2.75, 3.05) is 0 Å². The number of carbonyl (C=O) groups is 2. The fraction of sp³-hybridized carbons (Fsp3) is 0.286. The third-order valence-electron chi connectivity index (χ3n) is 2.98. The predicted octanol–water partition coefficient (Wildman–Crippen LogP) is 2.33. The molecule has 1 saturated carbocycles. The van der Waals surface area contributed by atoms with Crippen molar-refractivity contribution >= 4 is 29.6 Å². The van der Waals surface area contributed by atoms with Crippen molar-refractivity contribution in [1.82, 2.24) is 5.32 Å². The van der Waals surface area contributed by atoms with E-state index in [1.54, 1.807) is 24.3 Å². The standard InChI is InChI=1S/C14H14ClNO3/c15-11-4-2-1-3-9(11)7-8-12(17)16-13(14(18)19)10-5-6-10/h1-4,7-8,10,13H,5-6H2,(H,16,17)(H,18,19). The molecule has 5 heteroatoms. The van der Waals surface area contributed by atoms with Crippen LogP contribution in [-0.4, -0.2) is 23.0 Å². The third kappa shape index (κ3) is 3.83. The molecule has 0 aromatic heterocycles. The van der Waals surface area contributed by atoms with E-state index in [9.17, 15) is 9.59 Å². The Morgan fingerprint density at radius 1 is 1.37 bits per heavy atom. The number of carboxylic acids is 1. The topological polar surface area (TPSA) is 66.4 Å². The second-order valence-corrected chi connectivity index (χ2v) is 4.92. The van der Waals surface area contributed by atoms with Crippen molar-refractivity contribution < 1.29 is 14.7 Å². The van der Waals surface area contributed by atoms with Gasteiger partial charge in [0.2, 0.25) is 5.91 Å². The highest BCUT2D eigenvalue weighted by molar-refractivity contribution is 6.32. The lowest BCUT2D eigenvalue weighted by Gasteiger charge is -2.11. The molecular weight excluding hydrogens is 266 g/mol. The van der Waals surface area contributed by atoms with Gasteiger partial charge in [0.05, 0.1) is 0 Å². The van der Waals surface area contributed by atoms with E-state index in [0.717, 1.165) is 18.4 Å². The van der Waals surface area contributed by atoms with Gasteiger partial charge in [0.1, 0.15) is 6.04 Å². The van der Waals surface area contributed by atoms with Gasteiger partial charge in [-0.1, -0.05) is 29.8 Å². The van der Waals surface area contributed by atoms with Gasteiger partial charge >= 0.3 is 5.97 Å². The molecule has 100 valence electrons. The van der Waals surface area contributed by atoms with Crippen LogP contribution >= 0.6 is 11.6 Å². The highest BCUT2D eigenvalue weighted by atomic mass is 35.5. The molecule has 1 aliphatic carbocycles. The molecular formula is C14H14ClNO3. The average molecular weight is 280 g/mol. The van der Waals surface area contributed by atoms with Crippen LogP contribution in [0.1, 0.15) is 18.4 Å². The number of carboxylic acid groups (broad SMARTS) is 1. The number of nitrogens with one attached hydrogen (secondary N) is 1. The van der Waals surface area contributed by atoms with Gasteiger partial charge in [0.25, 0.3) is 0 Å². The van der Waals surface area contributed by atoms with Gasteiger partial charge in [0.15, 0.2) is 0 Å². The maximum Gasteiger partial charge on any atom is 0.326 e. The van der Waals surface area contributed by atoms with Crippen molar-refractivity contribution in [3.8, 4) is 0 Å². The number of rotatable bonds is 5. The Balaban J connectivity index is 1.97. The Morgan fingerprint density at radius 3 is 2.63 bits per heavy atom. The molecule has 1 aromatic rings. The highest BCUT2D eigenvalue weighted by Crippen LogP contribution is 2.32. The minimum Gasteiger partial charge on any atom is -0.480 e. The summed E-state index contributed by atoms with van der Waals surface area (Å²) in [5, 5.41) is 12.0. The SMILES string of the molecule is O=C(C=Cc1ccccc1Cl)NC(C(=O)O)C1CC1. The summed E-state index contributed by atoms with van der Waals surface area (Å²) in [7, 11) is 0. The molecule has 1 fully saturated rings. The van der Waals surface area contributed by atoms with E-state index < -0.39 is 17.9 Å². The maximum absolute atomic E-state index is 11.7. The summed E-state index contributed by atoms with van der Waals surface area (Å²) >= 11 is 5.95. The molecule has 1 atom stereocenters. The highest BCUT2D eigenvalue weighted by Gasteiger charge is 2.36. The quantitative estimate of drug-likeness (QED) is 0.813. The zero-order valence-corrected chi connectivity index (χ0v) is 10.9. The van der Waals surface area contributed by atoms with Crippen molar-refractivity contribution in [3.63, 3.8) is 0 Å². The second-order valence-electron chi connectivity index (χ2n) is 4.52. The number of hydrogen-bond donors (Lipinski definition) is 2. The Labute approximate surface area is 116 Å². The smallest absolute Gasteiger partial charge is 0.326 e. The van der Waals surface area contributed by atoms with E-state index in [0.29, 0.717) is 5.02 Å². The number of carbonyl (C=O) groups excluding carboxylic acids is 1. The van der Waals surface area contributed by atoms with E-state index >= 15 is 0 Å². The number of amides is 1. The van der Waals surface area contributed by atoms with Gasteiger partial charge in [-0.3, -0.25) is 4.79 Å². The minimum absolute atomic E-state index is 0.0650. The molecule has 0 bridgehead atoms. The third-order valence-corrected chi connectivity index (χ3v) is 3.32. The number of hydrogen-bond acceptors (Lipinski definition) is 2. The van der Waals surface area contributed by atoms with Crippen LogP contribution in [0.25, 0.3) is 6.08 Å². The molecule has 1 aromatic carbocycles. The van der Waals surface area contributed by atoms with Gasteiger partial charge in [-0.2, -0.15) is 0 Å². The van der Waals surface area contributed by atoms with Crippen LogP contribution in [0, 0.1) is 5.92 Å². The molecule has 4 nitrogen and oxygen atoms in total. The molecule has 2 rings (SSSR count). The van der Waals surface area contributed by atoms with Crippen LogP contribution in [0.15, 0.2) is 30.3 Å². The Morgan fingerprint density at radius 2 is 2.05 bits per heavy atom. The summed E-state index contributed by atoms with van der Waals surface area (Å²) in [4.78, 5) is 22.7. The first-order valence-electron chi connectivity index (χ1n) is 6.04. The van der Waals surface area contributed by atoms with E-state index in [2.05, 4.69) is 5.32 Å². The van der Waals surface area contributed by atoms with Crippen LogP contribution in [0.4, 0.5) is 0 Å². The van der Waals surface area contributed by atoms with Crippen LogP contribution in [0.2, 0.25) is 5.02 Å². The first kappa shape index (κ1) is 13.6. The summed E-state index contributed by atoms with van der Waals surface area (Å²) in [6, 6.07) is 6.33. The molecule has 1 amide bonds. The first-order chi connectivity index (χ1) is 9.08. The lowest BCUT2D eigenvalue weighted by atomic mass is 10.2. The van der Waals surface area contributed by atoms with Crippen molar-refractivity contribution in [2.24, 2.45) is 5.92 Å². The van der Waals surface area contributed by atoms with Gasteiger partial charge in [-0.25, -0.2) is 4.79 Å². The molecule has 1 unspecified atom stereocenters. The largest absolute Gasteiger partial charge is 0.480 e. The summed E-state index contributed by atoms with van der Waals surface area (Å²) in [6.07, 6.45) is 4.58. The van der Waals surface area contributed by atoms with E-state index in [4.69, 9.17) is 16.7 Å². The normalized spacial score (nSPS) is 16.3. The lowest BCUT2D eigenvalue weighted by molar-refractivity contribution is -0.141. The van der Waals surface area contributed by atoms with Crippen molar-refractivity contribution in [2.45, 2.75) is 18.9 Å². The summed E-state index contributed by atoms with van der Waals surface area (Å²) in [6.45, 7) is 0. The van der Waals surface area contributed by atoms with Gasteiger partial charge < -0.3 is 10.4 Å². The van der Waals surface area contributed by atoms with Crippen LogP contribution in [-0.2, 0) is 9.59 Å². The Hall–Kier alpha value is -1.81. The lowest BCUT2D eigenvalue weighted by Crippen LogP contribution is -2.41. The second kappa shape index (κ2) is 5.89. The van der Waals surface area contributed by atoms with Crippen molar-refractivity contribution in [3.05, 3.63) is 40.9 Å². The zero-order valence-electron chi connectivity index (χ0n) is 10.2. The van der Waals surface area contributed by atoms with Crippen LogP contribution < -0.4 is 5.32 Å². The summed E-state index contributed by atoms with van der Waals surface area (Å²) in [5.41, 5.74) is 0.720. The van der Waals surface area contributed by atoms with Gasteiger partial charge in [-0.05, 0) is 36.5 Å². The molecule has 2 N–H and O–H groups in total. The summed E-state index contributed by atoms with van der Waals surface area (Å²) < 4.78 is 0.